The number of hydrogen-bond donors (Lipinski definition) is 2. The third-order valence-corrected chi connectivity index (χ3v) is 5.47. The topological polar surface area (TPSA) is 98.1 Å². The molecule has 1 unspecified atom stereocenters. The first-order chi connectivity index (χ1) is 15.0. The number of hydrogen-bond acceptors (Lipinski definition) is 6. The Morgan fingerprint density at radius 2 is 1.81 bits per heavy atom. The summed E-state index contributed by atoms with van der Waals surface area (Å²) in [6.07, 6.45) is 0.584. The molecule has 3 amide bonds. The molecule has 2 N–H and O–H groups in total. The summed E-state index contributed by atoms with van der Waals surface area (Å²) in [6, 6.07) is 17.1. The third kappa shape index (κ3) is 5.85. The summed E-state index contributed by atoms with van der Waals surface area (Å²) in [6.45, 7) is 4.24. The van der Waals surface area contributed by atoms with Crippen molar-refractivity contribution in [3.63, 3.8) is 0 Å². The van der Waals surface area contributed by atoms with E-state index in [1.807, 2.05) is 66.1 Å². The van der Waals surface area contributed by atoms with Gasteiger partial charge in [0.25, 0.3) is 0 Å². The maximum Gasteiger partial charge on any atom is 0.321 e. The number of carbonyl (C=O) groups is 2. The molecular formula is C22H25N5O3S. The van der Waals surface area contributed by atoms with Gasteiger partial charge in [-0.05, 0) is 43.7 Å². The predicted octanol–water partition coefficient (Wildman–Crippen LogP) is 3.19. The number of aromatic nitrogens is 3. The molecule has 0 aliphatic heterocycles. The highest BCUT2D eigenvalue weighted by atomic mass is 32.2. The van der Waals surface area contributed by atoms with Gasteiger partial charge < -0.3 is 10.1 Å². The lowest BCUT2D eigenvalue weighted by molar-refractivity contribution is -0.119. The number of carbonyl (C=O) groups excluding carboxylic acids is 2. The van der Waals surface area contributed by atoms with Crippen LogP contribution in [0.15, 0.2) is 59.8 Å². The minimum Gasteiger partial charge on any atom is -0.494 e. The van der Waals surface area contributed by atoms with Crippen LogP contribution in [0.1, 0.15) is 25.2 Å². The maximum absolute atomic E-state index is 12.3. The largest absolute Gasteiger partial charge is 0.494 e. The average Bonchev–Trinajstić information content (AvgIpc) is 3.16. The molecule has 0 radical (unpaired) electrons. The van der Waals surface area contributed by atoms with Crippen molar-refractivity contribution in [3.8, 4) is 11.4 Å². The lowest BCUT2D eigenvalue weighted by Crippen LogP contribution is -2.41. The second kappa shape index (κ2) is 10.6. The van der Waals surface area contributed by atoms with Crippen molar-refractivity contribution in [2.75, 3.05) is 13.7 Å². The number of nitrogens with zero attached hydrogens (tertiary/aromatic N) is 3. The van der Waals surface area contributed by atoms with Gasteiger partial charge >= 0.3 is 6.03 Å². The highest BCUT2D eigenvalue weighted by molar-refractivity contribution is 8.00. The highest BCUT2D eigenvalue weighted by Gasteiger charge is 2.22. The Balaban J connectivity index is 1.91. The van der Waals surface area contributed by atoms with Crippen LogP contribution in [0.25, 0.3) is 5.69 Å². The maximum atomic E-state index is 12.3. The second-order valence-corrected chi connectivity index (χ2v) is 7.96. The first-order valence-corrected chi connectivity index (χ1v) is 10.8. The van der Waals surface area contributed by atoms with Gasteiger partial charge in [-0.25, -0.2) is 4.79 Å². The van der Waals surface area contributed by atoms with Crippen LogP contribution in [0.5, 0.6) is 5.75 Å². The Hall–Kier alpha value is -3.33. The van der Waals surface area contributed by atoms with Gasteiger partial charge in [0.05, 0.1) is 11.9 Å². The molecular weight excluding hydrogens is 414 g/mol. The van der Waals surface area contributed by atoms with Crippen LogP contribution in [0.4, 0.5) is 4.79 Å². The molecule has 8 nitrogen and oxygen atoms in total. The van der Waals surface area contributed by atoms with Gasteiger partial charge in [-0.3, -0.25) is 14.7 Å². The molecule has 1 heterocycles. The van der Waals surface area contributed by atoms with Crippen molar-refractivity contribution in [3.05, 3.63) is 66.0 Å². The Bertz CT molecular complexity index is 1020. The van der Waals surface area contributed by atoms with Gasteiger partial charge in [0.2, 0.25) is 5.91 Å². The van der Waals surface area contributed by atoms with Crippen LogP contribution >= 0.6 is 11.8 Å². The van der Waals surface area contributed by atoms with Crippen LogP contribution in [-0.4, -0.2) is 45.6 Å². The molecule has 31 heavy (non-hydrogen) atoms. The van der Waals surface area contributed by atoms with Crippen molar-refractivity contribution in [2.24, 2.45) is 0 Å². The van der Waals surface area contributed by atoms with Gasteiger partial charge in [-0.2, -0.15) is 0 Å². The molecule has 0 aliphatic rings. The van der Waals surface area contributed by atoms with Crippen molar-refractivity contribution in [2.45, 2.75) is 30.7 Å². The van der Waals surface area contributed by atoms with E-state index < -0.39 is 17.2 Å². The van der Waals surface area contributed by atoms with Crippen molar-refractivity contribution in [1.29, 1.82) is 0 Å². The predicted molar refractivity (Wildman–Crippen MR) is 120 cm³/mol. The van der Waals surface area contributed by atoms with Crippen LogP contribution in [0.2, 0.25) is 0 Å². The lowest BCUT2D eigenvalue weighted by Gasteiger charge is -2.14. The summed E-state index contributed by atoms with van der Waals surface area (Å²) in [5, 5.41) is 13.4. The van der Waals surface area contributed by atoms with Gasteiger partial charge in [0.1, 0.15) is 11.6 Å². The lowest BCUT2D eigenvalue weighted by atomic mass is 10.1. The molecule has 3 aromatic rings. The van der Waals surface area contributed by atoms with Gasteiger partial charge in [0, 0.05) is 19.2 Å². The van der Waals surface area contributed by atoms with Crippen molar-refractivity contribution >= 4 is 23.7 Å². The number of rotatable bonds is 8. The van der Waals surface area contributed by atoms with Crippen molar-refractivity contribution in [1.82, 2.24) is 25.4 Å². The first-order valence-electron chi connectivity index (χ1n) is 9.92. The fourth-order valence-corrected chi connectivity index (χ4v) is 3.76. The van der Waals surface area contributed by atoms with Crippen LogP contribution in [-0.2, 0) is 11.2 Å². The Morgan fingerprint density at radius 1 is 1.10 bits per heavy atom. The monoisotopic (exact) mass is 439 g/mol. The molecule has 0 spiro atoms. The molecule has 3 rings (SSSR count). The molecule has 1 atom stereocenters. The first kappa shape index (κ1) is 22.4. The molecule has 2 aromatic carbocycles. The zero-order valence-corrected chi connectivity index (χ0v) is 18.5. The third-order valence-electron chi connectivity index (χ3n) is 4.43. The Labute approximate surface area is 185 Å². The molecule has 0 saturated heterocycles. The second-order valence-electron chi connectivity index (χ2n) is 6.65. The fourth-order valence-electron chi connectivity index (χ4n) is 2.87. The summed E-state index contributed by atoms with van der Waals surface area (Å²) in [7, 11) is 1.46. The summed E-state index contributed by atoms with van der Waals surface area (Å²) >= 11 is 1.24. The van der Waals surface area contributed by atoms with E-state index in [9.17, 15) is 9.59 Å². The minimum absolute atomic E-state index is 0.407. The number of imide groups is 1. The highest BCUT2D eigenvalue weighted by Crippen LogP contribution is 2.28. The molecule has 162 valence electrons. The van der Waals surface area contributed by atoms with E-state index in [1.54, 1.807) is 6.92 Å². The average molecular weight is 440 g/mol. The fraction of sp³-hybridized carbons (Fsp3) is 0.273. The normalized spacial score (nSPS) is 11.6. The number of benzene rings is 2. The van der Waals surface area contributed by atoms with E-state index >= 15 is 0 Å². The minimum atomic E-state index is -0.549. The van der Waals surface area contributed by atoms with Gasteiger partial charge in [0.15, 0.2) is 5.16 Å². The van der Waals surface area contributed by atoms with E-state index in [2.05, 4.69) is 20.8 Å². The molecule has 0 aliphatic carbocycles. The van der Waals surface area contributed by atoms with E-state index in [0.717, 1.165) is 22.8 Å². The number of thioether (sulfide) groups is 1. The van der Waals surface area contributed by atoms with Crippen LogP contribution in [0, 0.1) is 0 Å². The number of amides is 3. The Kier molecular flexibility index (Phi) is 7.66. The zero-order chi connectivity index (χ0) is 22.2. The smallest absolute Gasteiger partial charge is 0.321 e. The molecule has 0 saturated carbocycles. The van der Waals surface area contributed by atoms with E-state index in [1.165, 1.54) is 18.8 Å². The number of urea groups is 1. The van der Waals surface area contributed by atoms with Crippen LogP contribution < -0.4 is 15.4 Å². The molecule has 0 fully saturated rings. The van der Waals surface area contributed by atoms with E-state index in [-0.39, 0.29) is 0 Å². The number of ether oxygens (including phenoxy) is 1. The summed E-state index contributed by atoms with van der Waals surface area (Å²) in [5.41, 5.74) is 1.96. The summed E-state index contributed by atoms with van der Waals surface area (Å²) in [4.78, 5) is 23.8. The number of nitrogens with one attached hydrogen (secondary N) is 2. The SMILES string of the molecule is CCOc1ccc(-n2c(Cc3ccccc3)nnc2SC(C)C(=O)NC(=O)NC)cc1. The molecule has 9 heteroatoms. The molecule has 1 aromatic heterocycles. The van der Waals surface area contributed by atoms with Gasteiger partial charge in [-0.15, -0.1) is 10.2 Å². The van der Waals surface area contributed by atoms with Crippen LogP contribution in [0.3, 0.4) is 0 Å². The quantitative estimate of drug-likeness (QED) is 0.523. The zero-order valence-electron chi connectivity index (χ0n) is 17.7. The summed E-state index contributed by atoms with van der Waals surface area (Å²) < 4.78 is 7.47. The standard InChI is InChI=1S/C22H25N5O3S/c1-4-30-18-12-10-17(11-13-18)27-19(14-16-8-6-5-7-9-16)25-26-22(27)31-15(2)20(28)24-21(29)23-3/h5-13,15H,4,14H2,1-3H3,(H2,23,24,28,29). The van der Waals surface area contributed by atoms with Gasteiger partial charge in [-0.1, -0.05) is 42.1 Å². The Morgan fingerprint density at radius 3 is 2.45 bits per heavy atom. The summed E-state index contributed by atoms with van der Waals surface area (Å²) in [5.74, 6) is 1.11. The van der Waals surface area contributed by atoms with E-state index in [0.29, 0.717) is 18.2 Å². The molecule has 0 bridgehead atoms. The van der Waals surface area contributed by atoms with E-state index in [4.69, 9.17) is 4.74 Å². The van der Waals surface area contributed by atoms with Crippen molar-refractivity contribution < 1.29 is 14.3 Å².